The minimum atomic E-state index is 0.562. The van der Waals surface area contributed by atoms with Crippen LogP contribution < -0.4 is 0 Å². The van der Waals surface area contributed by atoms with Gasteiger partial charge in [0.2, 0.25) is 0 Å². The van der Waals surface area contributed by atoms with Crippen molar-refractivity contribution >= 4 is 23.4 Å². The van der Waals surface area contributed by atoms with Crippen LogP contribution in [0.3, 0.4) is 0 Å². The van der Waals surface area contributed by atoms with E-state index < -0.39 is 0 Å². The second-order valence-corrected chi connectivity index (χ2v) is 5.82. The maximum absolute atomic E-state index is 8.56. The SMILES string of the molecule is C=CCn1c(SCCCC#N)nnc1-c1ccc(Cl)cc1. The number of aromatic nitrogens is 3. The van der Waals surface area contributed by atoms with Crippen molar-refractivity contribution in [1.82, 2.24) is 14.8 Å². The van der Waals surface area contributed by atoms with Crippen LogP contribution in [-0.4, -0.2) is 20.5 Å². The van der Waals surface area contributed by atoms with Crippen molar-refractivity contribution in [2.75, 3.05) is 5.75 Å². The lowest BCUT2D eigenvalue weighted by atomic mass is 10.2. The molecule has 108 valence electrons. The summed E-state index contributed by atoms with van der Waals surface area (Å²) in [5.74, 6) is 1.65. The fourth-order valence-electron chi connectivity index (χ4n) is 1.82. The summed E-state index contributed by atoms with van der Waals surface area (Å²) in [5, 5.41) is 18.6. The van der Waals surface area contributed by atoms with Crippen LogP contribution in [0.4, 0.5) is 0 Å². The Bertz CT molecular complexity index is 643. The van der Waals surface area contributed by atoms with Gasteiger partial charge in [0, 0.05) is 29.3 Å². The van der Waals surface area contributed by atoms with Gasteiger partial charge in [0.15, 0.2) is 11.0 Å². The van der Waals surface area contributed by atoms with Crippen LogP contribution in [0.25, 0.3) is 11.4 Å². The molecule has 4 nitrogen and oxygen atoms in total. The first kappa shape index (κ1) is 15.6. The zero-order valence-electron chi connectivity index (χ0n) is 11.5. The van der Waals surface area contributed by atoms with Gasteiger partial charge < -0.3 is 0 Å². The molecule has 0 N–H and O–H groups in total. The standard InChI is InChI=1S/C15H15ClN4S/c1-2-10-20-14(12-5-7-13(16)8-6-12)18-19-15(20)21-11-4-3-9-17/h2,5-8H,1,3-4,10-11H2. The Hall–Kier alpha value is -1.77. The molecular formula is C15H15ClN4S. The molecule has 0 spiro atoms. The monoisotopic (exact) mass is 318 g/mol. The van der Waals surface area contributed by atoms with Crippen molar-refractivity contribution < 1.29 is 0 Å². The molecular weight excluding hydrogens is 304 g/mol. The van der Waals surface area contributed by atoms with Crippen molar-refractivity contribution in [2.45, 2.75) is 24.5 Å². The van der Waals surface area contributed by atoms with E-state index in [1.54, 1.807) is 11.8 Å². The molecule has 1 aromatic carbocycles. The highest BCUT2D eigenvalue weighted by atomic mass is 35.5. The predicted molar refractivity (Wildman–Crippen MR) is 86.2 cm³/mol. The number of nitrogens with zero attached hydrogens (tertiary/aromatic N) is 4. The first-order chi connectivity index (χ1) is 10.3. The zero-order chi connectivity index (χ0) is 15.1. The van der Waals surface area contributed by atoms with Gasteiger partial charge in [0.05, 0.1) is 6.07 Å². The molecule has 0 saturated heterocycles. The lowest BCUT2D eigenvalue weighted by Gasteiger charge is -2.07. The van der Waals surface area contributed by atoms with Gasteiger partial charge in [0.1, 0.15) is 0 Å². The van der Waals surface area contributed by atoms with Crippen molar-refractivity contribution in [1.29, 1.82) is 5.26 Å². The number of hydrogen-bond donors (Lipinski definition) is 0. The quantitative estimate of drug-likeness (QED) is 0.436. The summed E-state index contributed by atoms with van der Waals surface area (Å²) in [4.78, 5) is 0. The van der Waals surface area contributed by atoms with Crippen LogP contribution in [0, 0.1) is 11.3 Å². The molecule has 0 radical (unpaired) electrons. The molecule has 0 atom stereocenters. The highest BCUT2D eigenvalue weighted by Gasteiger charge is 2.13. The largest absolute Gasteiger partial charge is 0.298 e. The van der Waals surface area contributed by atoms with E-state index in [1.165, 1.54) is 0 Å². The zero-order valence-corrected chi connectivity index (χ0v) is 13.1. The summed E-state index contributed by atoms with van der Waals surface area (Å²) in [6.45, 7) is 4.43. The van der Waals surface area contributed by atoms with E-state index in [2.05, 4.69) is 22.8 Å². The number of benzene rings is 1. The van der Waals surface area contributed by atoms with E-state index in [-0.39, 0.29) is 0 Å². The summed E-state index contributed by atoms with van der Waals surface area (Å²) in [6.07, 6.45) is 3.23. The number of rotatable bonds is 7. The third kappa shape index (κ3) is 4.10. The van der Waals surface area contributed by atoms with E-state index in [1.807, 2.05) is 34.9 Å². The Labute approximate surface area is 133 Å². The van der Waals surface area contributed by atoms with Gasteiger partial charge in [-0.15, -0.1) is 16.8 Å². The lowest BCUT2D eigenvalue weighted by molar-refractivity contribution is 0.730. The molecule has 2 rings (SSSR count). The molecule has 1 aromatic heterocycles. The summed E-state index contributed by atoms with van der Waals surface area (Å²) in [7, 11) is 0. The normalized spacial score (nSPS) is 10.3. The van der Waals surface area contributed by atoms with Crippen LogP contribution in [-0.2, 0) is 6.54 Å². The Morgan fingerprint density at radius 3 is 2.76 bits per heavy atom. The molecule has 0 saturated carbocycles. The molecule has 6 heteroatoms. The summed E-state index contributed by atoms with van der Waals surface area (Å²) in [6, 6.07) is 9.67. The van der Waals surface area contributed by atoms with Crippen molar-refractivity contribution in [3.8, 4) is 17.5 Å². The van der Waals surface area contributed by atoms with Crippen molar-refractivity contribution in [3.63, 3.8) is 0 Å². The number of allylic oxidation sites excluding steroid dienone is 1. The molecule has 0 aliphatic carbocycles. The fourth-order valence-corrected chi connectivity index (χ4v) is 2.83. The molecule has 0 unspecified atom stereocenters. The molecule has 0 aliphatic rings. The van der Waals surface area contributed by atoms with E-state index in [0.29, 0.717) is 18.0 Å². The maximum Gasteiger partial charge on any atom is 0.191 e. The Morgan fingerprint density at radius 2 is 2.10 bits per heavy atom. The fraction of sp³-hybridized carbons (Fsp3) is 0.267. The van der Waals surface area contributed by atoms with E-state index in [4.69, 9.17) is 16.9 Å². The number of halogens is 1. The van der Waals surface area contributed by atoms with Crippen LogP contribution in [0.1, 0.15) is 12.8 Å². The summed E-state index contributed by atoms with van der Waals surface area (Å²) >= 11 is 7.52. The van der Waals surface area contributed by atoms with E-state index in [9.17, 15) is 0 Å². The Kier molecular flexibility index (Phi) is 5.85. The van der Waals surface area contributed by atoms with Gasteiger partial charge in [-0.05, 0) is 30.7 Å². The minimum Gasteiger partial charge on any atom is -0.298 e. The first-order valence-corrected chi connectivity index (χ1v) is 7.92. The Morgan fingerprint density at radius 1 is 1.33 bits per heavy atom. The molecule has 21 heavy (non-hydrogen) atoms. The van der Waals surface area contributed by atoms with Gasteiger partial charge in [-0.1, -0.05) is 29.4 Å². The highest BCUT2D eigenvalue weighted by Crippen LogP contribution is 2.25. The molecule has 2 aromatic rings. The van der Waals surface area contributed by atoms with E-state index >= 15 is 0 Å². The number of thioether (sulfide) groups is 1. The third-order valence-corrected chi connectivity index (χ3v) is 4.10. The first-order valence-electron chi connectivity index (χ1n) is 6.56. The van der Waals surface area contributed by atoms with Gasteiger partial charge >= 0.3 is 0 Å². The predicted octanol–water partition coefficient (Wildman–Crippen LogP) is 4.18. The topological polar surface area (TPSA) is 54.5 Å². The van der Waals surface area contributed by atoms with Crippen LogP contribution in [0.5, 0.6) is 0 Å². The lowest BCUT2D eigenvalue weighted by Crippen LogP contribution is -2.00. The molecule has 1 heterocycles. The molecule has 0 amide bonds. The minimum absolute atomic E-state index is 0.562. The molecule has 0 fully saturated rings. The van der Waals surface area contributed by atoms with Crippen LogP contribution in [0.2, 0.25) is 5.02 Å². The highest BCUT2D eigenvalue weighted by molar-refractivity contribution is 7.99. The maximum atomic E-state index is 8.56. The molecule has 0 aliphatic heterocycles. The number of hydrogen-bond acceptors (Lipinski definition) is 4. The number of unbranched alkanes of at least 4 members (excludes halogenated alkanes) is 1. The van der Waals surface area contributed by atoms with Gasteiger partial charge in [0.25, 0.3) is 0 Å². The summed E-state index contributed by atoms with van der Waals surface area (Å²) in [5.41, 5.74) is 0.970. The van der Waals surface area contributed by atoms with Crippen LogP contribution in [0.15, 0.2) is 42.1 Å². The van der Waals surface area contributed by atoms with Crippen LogP contribution >= 0.6 is 23.4 Å². The molecule has 0 bridgehead atoms. The summed E-state index contributed by atoms with van der Waals surface area (Å²) < 4.78 is 2.02. The Balaban J connectivity index is 2.21. The average Bonchev–Trinajstić information content (AvgIpc) is 2.88. The van der Waals surface area contributed by atoms with Gasteiger partial charge in [-0.2, -0.15) is 5.26 Å². The van der Waals surface area contributed by atoms with E-state index in [0.717, 1.165) is 28.7 Å². The van der Waals surface area contributed by atoms with Crippen molar-refractivity contribution in [3.05, 3.63) is 41.9 Å². The van der Waals surface area contributed by atoms with Gasteiger partial charge in [-0.25, -0.2) is 0 Å². The second kappa shape index (κ2) is 7.87. The smallest absolute Gasteiger partial charge is 0.191 e. The number of nitriles is 1. The third-order valence-electron chi connectivity index (χ3n) is 2.80. The van der Waals surface area contributed by atoms with Crippen molar-refractivity contribution in [2.24, 2.45) is 0 Å². The van der Waals surface area contributed by atoms with Gasteiger partial charge in [-0.3, -0.25) is 4.57 Å². The average molecular weight is 319 g/mol. The second-order valence-electron chi connectivity index (χ2n) is 4.32.